The number of amides is 1. The molecule has 3 N–H and O–H groups in total. The lowest BCUT2D eigenvalue weighted by molar-refractivity contribution is 0.0937. The summed E-state index contributed by atoms with van der Waals surface area (Å²) in [6.07, 6.45) is 0.907. The molecular weight excluding hydrogens is 286 g/mol. The molecule has 114 valence electrons. The summed E-state index contributed by atoms with van der Waals surface area (Å²) in [7, 11) is 0. The largest absolute Gasteiger partial charge is 0.367 e. The zero-order valence-corrected chi connectivity index (χ0v) is 13.6. The third kappa shape index (κ3) is 3.44. The molecule has 0 aliphatic heterocycles. The molecule has 1 atom stereocenters. The van der Waals surface area contributed by atoms with E-state index in [-0.39, 0.29) is 17.8 Å². The van der Waals surface area contributed by atoms with E-state index >= 15 is 0 Å². The Hall–Kier alpha value is -1.82. The van der Waals surface area contributed by atoms with Crippen LogP contribution in [0.1, 0.15) is 43.1 Å². The van der Waals surface area contributed by atoms with E-state index in [9.17, 15) is 4.79 Å². The number of anilines is 1. The molecule has 2 aromatic heterocycles. The summed E-state index contributed by atoms with van der Waals surface area (Å²) in [6.45, 7) is 8.20. The van der Waals surface area contributed by atoms with E-state index in [1.807, 2.05) is 25.3 Å². The number of rotatable bonds is 5. The van der Waals surface area contributed by atoms with Crippen molar-refractivity contribution >= 4 is 23.1 Å². The highest BCUT2D eigenvalue weighted by Gasteiger charge is 2.25. The SMILES string of the molecule is Cc1ccsc1-c1noc(N)c1C(=O)NC(C)CC(C)C. The Morgan fingerprint density at radius 2 is 2.19 bits per heavy atom. The van der Waals surface area contributed by atoms with Crippen molar-refractivity contribution in [3.63, 3.8) is 0 Å². The molecule has 2 aromatic rings. The van der Waals surface area contributed by atoms with Gasteiger partial charge in [0.25, 0.3) is 5.91 Å². The Morgan fingerprint density at radius 1 is 1.48 bits per heavy atom. The van der Waals surface area contributed by atoms with Gasteiger partial charge in [-0.3, -0.25) is 4.79 Å². The van der Waals surface area contributed by atoms with Crippen molar-refractivity contribution in [2.24, 2.45) is 5.92 Å². The fourth-order valence-electron chi connectivity index (χ4n) is 2.35. The number of hydrogen-bond donors (Lipinski definition) is 2. The van der Waals surface area contributed by atoms with Crippen molar-refractivity contribution in [3.8, 4) is 10.6 Å². The molecule has 0 saturated heterocycles. The van der Waals surface area contributed by atoms with Gasteiger partial charge in [0.1, 0.15) is 11.3 Å². The first-order valence-electron chi connectivity index (χ1n) is 7.00. The summed E-state index contributed by atoms with van der Waals surface area (Å²) in [5, 5.41) is 8.88. The lowest BCUT2D eigenvalue weighted by atomic mass is 10.0. The molecule has 0 spiro atoms. The maximum atomic E-state index is 12.5. The van der Waals surface area contributed by atoms with Gasteiger partial charge in [0.05, 0.1) is 4.88 Å². The number of nitrogens with zero attached hydrogens (tertiary/aromatic N) is 1. The van der Waals surface area contributed by atoms with E-state index in [0.29, 0.717) is 17.2 Å². The number of nitrogen functional groups attached to an aromatic ring is 1. The first kappa shape index (κ1) is 15.6. The third-order valence-electron chi connectivity index (χ3n) is 3.23. The van der Waals surface area contributed by atoms with Gasteiger partial charge >= 0.3 is 0 Å². The highest BCUT2D eigenvalue weighted by Crippen LogP contribution is 2.33. The van der Waals surface area contributed by atoms with E-state index in [2.05, 4.69) is 24.3 Å². The minimum Gasteiger partial charge on any atom is -0.367 e. The topological polar surface area (TPSA) is 81.2 Å². The fraction of sp³-hybridized carbons (Fsp3) is 0.467. The number of aromatic nitrogens is 1. The van der Waals surface area contributed by atoms with Crippen LogP contribution in [-0.4, -0.2) is 17.1 Å². The number of hydrogen-bond acceptors (Lipinski definition) is 5. The molecule has 0 aromatic carbocycles. The molecule has 0 fully saturated rings. The van der Waals surface area contributed by atoms with E-state index in [1.165, 1.54) is 11.3 Å². The van der Waals surface area contributed by atoms with E-state index in [4.69, 9.17) is 10.3 Å². The Morgan fingerprint density at radius 3 is 2.76 bits per heavy atom. The van der Waals surface area contributed by atoms with Crippen molar-refractivity contribution in [1.29, 1.82) is 0 Å². The molecule has 2 rings (SSSR count). The van der Waals surface area contributed by atoms with Gasteiger partial charge in [-0.15, -0.1) is 11.3 Å². The van der Waals surface area contributed by atoms with Crippen molar-refractivity contribution in [1.82, 2.24) is 10.5 Å². The minimum atomic E-state index is -0.232. The lowest BCUT2D eigenvalue weighted by Crippen LogP contribution is -2.33. The molecule has 6 heteroatoms. The Balaban J connectivity index is 2.26. The van der Waals surface area contributed by atoms with Crippen molar-refractivity contribution < 1.29 is 9.32 Å². The summed E-state index contributed by atoms with van der Waals surface area (Å²) in [5.74, 6) is 0.343. The number of nitrogens with one attached hydrogen (secondary N) is 1. The molecule has 0 saturated carbocycles. The van der Waals surface area contributed by atoms with Gasteiger partial charge in [0.15, 0.2) is 0 Å². The van der Waals surface area contributed by atoms with E-state index in [1.54, 1.807) is 0 Å². The molecule has 0 radical (unpaired) electrons. The van der Waals surface area contributed by atoms with Gasteiger partial charge in [-0.05, 0) is 43.2 Å². The van der Waals surface area contributed by atoms with Crippen LogP contribution in [0.15, 0.2) is 16.0 Å². The van der Waals surface area contributed by atoms with Gasteiger partial charge in [0.2, 0.25) is 5.88 Å². The molecule has 2 heterocycles. The van der Waals surface area contributed by atoms with Crippen LogP contribution in [0.4, 0.5) is 5.88 Å². The number of carbonyl (C=O) groups excluding carboxylic acids is 1. The van der Waals surface area contributed by atoms with E-state index < -0.39 is 0 Å². The second-order valence-corrected chi connectivity index (χ2v) is 6.62. The van der Waals surface area contributed by atoms with Gasteiger partial charge in [-0.25, -0.2) is 0 Å². The molecule has 5 nitrogen and oxygen atoms in total. The fourth-order valence-corrected chi connectivity index (χ4v) is 3.27. The molecular formula is C15H21N3O2S. The summed E-state index contributed by atoms with van der Waals surface area (Å²) in [4.78, 5) is 13.4. The first-order valence-corrected chi connectivity index (χ1v) is 7.88. The molecule has 0 aliphatic rings. The first-order chi connectivity index (χ1) is 9.90. The standard InChI is InChI=1S/C15H21N3O2S/c1-8(2)7-10(4)17-15(19)11-12(18-20-14(11)16)13-9(3)5-6-21-13/h5-6,8,10H,7,16H2,1-4H3,(H,17,19). The van der Waals surface area contributed by atoms with Crippen LogP contribution in [0.2, 0.25) is 0 Å². The predicted molar refractivity (Wildman–Crippen MR) is 85.3 cm³/mol. The minimum absolute atomic E-state index is 0.0621. The normalized spacial score (nSPS) is 12.6. The molecule has 0 bridgehead atoms. The van der Waals surface area contributed by atoms with Crippen molar-refractivity contribution in [2.45, 2.75) is 40.2 Å². The van der Waals surface area contributed by atoms with Gasteiger partial charge in [-0.2, -0.15) is 0 Å². The smallest absolute Gasteiger partial charge is 0.259 e. The Labute approximate surface area is 128 Å². The predicted octanol–water partition coefficient (Wildman–Crippen LogP) is 3.46. The Bertz CT molecular complexity index is 631. The van der Waals surface area contributed by atoms with Gasteiger partial charge < -0.3 is 15.6 Å². The second-order valence-electron chi connectivity index (χ2n) is 5.71. The third-order valence-corrected chi connectivity index (χ3v) is 4.25. The van der Waals surface area contributed by atoms with Gasteiger partial charge in [0, 0.05) is 6.04 Å². The number of nitrogens with two attached hydrogens (primary N) is 1. The molecule has 1 unspecified atom stereocenters. The summed E-state index contributed by atoms with van der Waals surface area (Å²) in [5.41, 5.74) is 7.70. The quantitative estimate of drug-likeness (QED) is 0.886. The van der Waals surface area contributed by atoms with Crippen LogP contribution in [0.25, 0.3) is 10.6 Å². The summed E-state index contributed by atoms with van der Waals surface area (Å²) < 4.78 is 5.03. The van der Waals surface area contributed by atoms with Crippen molar-refractivity contribution in [3.05, 3.63) is 22.6 Å². The van der Waals surface area contributed by atoms with Crippen LogP contribution in [0.5, 0.6) is 0 Å². The Kier molecular flexibility index (Phi) is 4.67. The summed E-state index contributed by atoms with van der Waals surface area (Å²) in [6, 6.07) is 2.05. The average molecular weight is 307 g/mol. The highest BCUT2D eigenvalue weighted by molar-refractivity contribution is 7.13. The van der Waals surface area contributed by atoms with Crippen LogP contribution in [0, 0.1) is 12.8 Å². The van der Waals surface area contributed by atoms with E-state index in [0.717, 1.165) is 16.9 Å². The zero-order chi connectivity index (χ0) is 15.6. The highest BCUT2D eigenvalue weighted by atomic mass is 32.1. The van der Waals surface area contributed by atoms with Crippen LogP contribution in [-0.2, 0) is 0 Å². The molecule has 0 aliphatic carbocycles. The van der Waals surface area contributed by atoms with Crippen LogP contribution < -0.4 is 11.1 Å². The number of thiophene rings is 1. The lowest BCUT2D eigenvalue weighted by Gasteiger charge is -2.15. The molecule has 21 heavy (non-hydrogen) atoms. The number of aryl methyl sites for hydroxylation is 1. The number of carbonyl (C=O) groups is 1. The van der Waals surface area contributed by atoms with Gasteiger partial charge in [-0.1, -0.05) is 19.0 Å². The molecule has 1 amide bonds. The summed E-state index contributed by atoms with van der Waals surface area (Å²) >= 11 is 1.52. The van der Waals surface area contributed by atoms with Crippen molar-refractivity contribution in [2.75, 3.05) is 5.73 Å². The zero-order valence-electron chi connectivity index (χ0n) is 12.8. The second kappa shape index (κ2) is 6.30. The maximum absolute atomic E-state index is 12.5. The van der Waals surface area contributed by atoms with Crippen LogP contribution >= 0.6 is 11.3 Å². The maximum Gasteiger partial charge on any atom is 0.259 e. The monoisotopic (exact) mass is 307 g/mol. The average Bonchev–Trinajstić information content (AvgIpc) is 2.93. The van der Waals surface area contributed by atoms with Crippen LogP contribution in [0.3, 0.4) is 0 Å².